The summed E-state index contributed by atoms with van der Waals surface area (Å²) >= 11 is 0. The molecule has 1 heterocycles. The highest BCUT2D eigenvalue weighted by Gasteiger charge is 2.06. The standard InChI is InChI=1S/C18H20N2O4/c21-17(22)9-5-2-6-12-19-18(23)14-10-11-16(20-13-14)24-15-7-3-1-4-8-15/h1,3-4,7-8,10-11,13H,2,5-6,9,12H2,(H,19,23)(H,21,22). The van der Waals surface area contributed by atoms with Crippen molar-refractivity contribution in [1.29, 1.82) is 0 Å². The molecule has 0 saturated heterocycles. The van der Waals surface area contributed by atoms with Gasteiger partial charge in [-0.05, 0) is 31.0 Å². The van der Waals surface area contributed by atoms with Gasteiger partial charge in [-0.25, -0.2) is 4.98 Å². The van der Waals surface area contributed by atoms with Crippen LogP contribution < -0.4 is 10.1 Å². The second kappa shape index (κ2) is 9.29. The van der Waals surface area contributed by atoms with E-state index < -0.39 is 5.97 Å². The number of para-hydroxylation sites is 1. The minimum atomic E-state index is -0.789. The average molecular weight is 328 g/mol. The Morgan fingerprint density at radius 2 is 1.83 bits per heavy atom. The first-order valence-electron chi connectivity index (χ1n) is 7.84. The number of ether oxygens (including phenoxy) is 1. The van der Waals surface area contributed by atoms with Crippen LogP contribution in [0.2, 0.25) is 0 Å². The van der Waals surface area contributed by atoms with Crippen LogP contribution in [0, 0.1) is 0 Å². The van der Waals surface area contributed by atoms with Gasteiger partial charge in [0, 0.05) is 25.2 Å². The van der Waals surface area contributed by atoms with Crippen molar-refractivity contribution in [2.75, 3.05) is 6.54 Å². The number of carbonyl (C=O) groups is 2. The molecule has 1 amide bonds. The Hall–Kier alpha value is -2.89. The molecule has 2 rings (SSSR count). The third-order valence-corrected chi connectivity index (χ3v) is 3.32. The molecule has 2 N–H and O–H groups in total. The van der Waals surface area contributed by atoms with Gasteiger partial charge in [0.1, 0.15) is 5.75 Å². The number of carbonyl (C=O) groups excluding carboxylic acids is 1. The molecule has 126 valence electrons. The Balaban J connectivity index is 1.74. The number of aliphatic carboxylic acids is 1. The van der Waals surface area contributed by atoms with Crippen LogP contribution in [-0.2, 0) is 4.79 Å². The molecule has 0 fully saturated rings. The van der Waals surface area contributed by atoms with E-state index >= 15 is 0 Å². The van der Waals surface area contributed by atoms with Gasteiger partial charge in [0.15, 0.2) is 0 Å². The zero-order valence-electron chi connectivity index (χ0n) is 13.3. The summed E-state index contributed by atoms with van der Waals surface area (Å²) < 4.78 is 5.57. The first kappa shape index (κ1) is 17.5. The van der Waals surface area contributed by atoms with E-state index in [1.54, 1.807) is 12.1 Å². The first-order valence-corrected chi connectivity index (χ1v) is 7.84. The molecule has 1 aromatic carbocycles. The lowest BCUT2D eigenvalue weighted by Gasteiger charge is -2.07. The van der Waals surface area contributed by atoms with Crippen LogP contribution in [0.4, 0.5) is 0 Å². The molecule has 0 atom stereocenters. The number of nitrogens with one attached hydrogen (secondary N) is 1. The van der Waals surface area contributed by atoms with Gasteiger partial charge in [-0.3, -0.25) is 9.59 Å². The van der Waals surface area contributed by atoms with Crippen LogP contribution in [0.15, 0.2) is 48.7 Å². The molecule has 0 aliphatic rings. The van der Waals surface area contributed by atoms with Crippen molar-refractivity contribution >= 4 is 11.9 Å². The summed E-state index contributed by atoms with van der Waals surface area (Å²) in [5, 5.41) is 11.3. The number of carboxylic acid groups (broad SMARTS) is 1. The number of unbranched alkanes of at least 4 members (excludes halogenated alkanes) is 2. The van der Waals surface area contributed by atoms with Gasteiger partial charge < -0.3 is 15.2 Å². The Morgan fingerprint density at radius 1 is 1.04 bits per heavy atom. The summed E-state index contributed by atoms with van der Waals surface area (Å²) in [6.07, 6.45) is 3.79. The lowest BCUT2D eigenvalue weighted by Crippen LogP contribution is -2.24. The smallest absolute Gasteiger partial charge is 0.303 e. The summed E-state index contributed by atoms with van der Waals surface area (Å²) in [4.78, 5) is 26.5. The Bertz CT molecular complexity index is 656. The predicted octanol–water partition coefficient (Wildman–Crippen LogP) is 3.25. The summed E-state index contributed by atoms with van der Waals surface area (Å²) in [5.41, 5.74) is 0.459. The van der Waals surface area contributed by atoms with E-state index in [4.69, 9.17) is 9.84 Å². The van der Waals surface area contributed by atoms with Crippen molar-refractivity contribution in [2.45, 2.75) is 25.7 Å². The highest BCUT2D eigenvalue weighted by Crippen LogP contribution is 2.18. The quantitative estimate of drug-likeness (QED) is 0.690. The zero-order valence-corrected chi connectivity index (χ0v) is 13.3. The summed E-state index contributed by atoms with van der Waals surface area (Å²) in [5.74, 6) is 0.116. The number of nitrogens with zero attached hydrogens (tertiary/aromatic N) is 1. The number of pyridine rings is 1. The lowest BCUT2D eigenvalue weighted by molar-refractivity contribution is -0.137. The predicted molar refractivity (Wildman–Crippen MR) is 89.2 cm³/mol. The molecule has 0 spiro atoms. The topological polar surface area (TPSA) is 88.5 Å². The molecular weight excluding hydrogens is 308 g/mol. The number of rotatable bonds is 9. The van der Waals surface area contributed by atoms with Crippen molar-refractivity contribution in [3.8, 4) is 11.6 Å². The van der Waals surface area contributed by atoms with Crippen LogP contribution in [0.5, 0.6) is 11.6 Å². The molecule has 2 aromatic rings. The van der Waals surface area contributed by atoms with E-state index in [1.165, 1.54) is 6.20 Å². The molecule has 0 unspecified atom stereocenters. The lowest BCUT2D eigenvalue weighted by atomic mass is 10.2. The van der Waals surface area contributed by atoms with Gasteiger partial charge in [-0.15, -0.1) is 0 Å². The van der Waals surface area contributed by atoms with E-state index in [0.717, 1.165) is 12.8 Å². The molecule has 6 heteroatoms. The van der Waals surface area contributed by atoms with Gasteiger partial charge in [0.2, 0.25) is 5.88 Å². The van der Waals surface area contributed by atoms with Crippen LogP contribution in [0.3, 0.4) is 0 Å². The Morgan fingerprint density at radius 3 is 2.50 bits per heavy atom. The molecular formula is C18H20N2O4. The Labute approximate surface area is 140 Å². The molecule has 0 saturated carbocycles. The fourth-order valence-corrected chi connectivity index (χ4v) is 2.07. The van der Waals surface area contributed by atoms with E-state index in [-0.39, 0.29) is 12.3 Å². The molecule has 6 nitrogen and oxygen atoms in total. The highest BCUT2D eigenvalue weighted by molar-refractivity contribution is 5.93. The number of hydrogen-bond donors (Lipinski definition) is 2. The molecule has 1 aromatic heterocycles. The minimum Gasteiger partial charge on any atom is -0.481 e. The molecule has 0 aliphatic heterocycles. The largest absolute Gasteiger partial charge is 0.481 e. The monoisotopic (exact) mass is 328 g/mol. The number of aromatic nitrogens is 1. The van der Waals surface area contributed by atoms with Gasteiger partial charge >= 0.3 is 5.97 Å². The van der Waals surface area contributed by atoms with Gasteiger partial charge in [-0.2, -0.15) is 0 Å². The highest BCUT2D eigenvalue weighted by atomic mass is 16.5. The zero-order chi connectivity index (χ0) is 17.2. The Kier molecular flexibility index (Phi) is 6.76. The fraction of sp³-hybridized carbons (Fsp3) is 0.278. The maximum atomic E-state index is 12.0. The number of amides is 1. The molecule has 0 radical (unpaired) electrons. The fourth-order valence-electron chi connectivity index (χ4n) is 2.07. The SMILES string of the molecule is O=C(O)CCCCCNC(=O)c1ccc(Oc2ccccc2)nc1. The van der Waals surface area contributed by atoms with Crippen molar-refractivity contribution in [2.24, 2.45) is 0 Å². The third kappa shape index (κ3) is 6.08. The van der Waals surface area contributed by atoms with Gasteiger partial charge in [0.05, 0.1) is 5.56 Å². The average Bonchev–Trinajstić information content (AvgIpc) is 2.59. The second-order valence-corrected chi connectivity index (χ2v) is 5.26. The first-order chi connectivity index (χ1) is 11.6. The summed E-state index contributed by atoms with van der Waals surface area (Å²) in [6.45, 7) is 0.515. The molecule has 0 aliphatic carbocycles. The van der Waals surface area contributed by atoms with Crippen molar-refractivity contribution in [1.82, 2.24) is 10.3 Å². The van der Waals surface area contributed by atoms with Crippen molar-refractivity contribution in [3.05, 3.63) is 54.2 Å². The van der Waals surface area contributed by atoms with Crippen molar-refractivity contribution in [3.63, 3.8) is 0 Å². The normalized spacial score (nSPS) is 10.2. The minimum absolute atomic E-state index is 0.167. The number of hydrogen-bond acceptors (Lipinski definition) is 4. The van der Waals surface area contributed by atoms with E-state index in [0.29, 0.717) is 30.2 Å². The van der Waals surface area contributed by atoms with E-state index in [2.05, 4.69) is 10.3 Å². The van der Waals surface area contributed by atoms with Gasteiger partial charge in [-0.1, -0.05) is 24.6 Å². The third-order valence-electron chi connectivity index (χ3n) is 3.32. The van der Waals surface area contributed by atoms with E-state index in [9.17, 15) is 9.59 Å². The summed E-state index contributed by atoms with van der Waals surface area (Å²) in [7, 11) is 0. The maximum Gasteiger partial charge on any atom is 0.303 e. The maximum absolute atomic E-state index is 12.0. The summed E-state index contributed by atoms with van der Waals surface area (Å²) in [6, 6.07) is 12.6. The number of benzene rings is 1. The molecule has 24 heavy (non-hydrogen) atoms. The van der Waals surface area contributed by atoms with E-state index in [1.807, 2.05) is 30.3 Å². The van der Waals surface area contributed by atoms with Crippen LogP contribution in [0.1, 0.15) is 36.0 Å². The van der Waals surface area contributed by atoms with Crippen LogP contribution >= 0.6 is 0 Å². The van der Waals surface area contributed by atoms with Crippen molar-refractivity contribution < 1.29 is 19.4 Å². The van der Waals surface area contributed by atoms with Crippen LogP contribution in [-0.4, -0.2) is 28.5 Å². The second-order valence-electron chi connectivity index (χ2n) is 5.26. The van der Waals surface area contributed by atoms with Gasteiger partial charge in [0.25, 0.3) is 5.91 Å². The molecule has 0 bridgehead atoms. The van der Waals surface area contributed by atoms with Crippen LogP contribution in [0.25, 0.3) is 0 Å². The number of carboxylic acids is 1.